The average Bonchev–Trinajstić information content (AvgIpc) is 2.35. The third kappa shape index (κ3) is 5.36. The number of hydrogen-bond donors (Lipinski definition) is 2. The smallest absolute Gasteiger partial charge is 0.385 e. The highest BCUT2D eigenvalue weighted by Gasteiger charge is 2.42. The zero-order chi connectivity index (χ0) is 14.5. The minimum absolute atomic E-state index is 0.00103. The van der Waals surface area contributed by atoms with Gasteiger partial charge in [0.2, 0.25) is 5.91 Å². The maximum Gasteiger partial charge on any atom is 0.393 e. The predicted molar refractivity (Wildman–Crippen MR) is 64.7 cm³/mol. The van der Waals surface area contributed by atoms with Gasteiger partial charge in [-0.25, -0.2) is 0 Å². The first kappa shape index (κ1) is 16.2. The number of hydrogen-bond acceptors (Lipinski definition) is 3. The Morgan fingerprint density at radius 1 is 1.47 bits per heavy atom. The molecule has 0 radical (unpaired) electrons. The molecule has 0 aromatic carbocycles. The number of nitrogens with one attached hydrogen (secondary N) is 2. The zero-order valence-electron chi connectivity index (χ0n) is 11.2. The summed E-state index contributed by atoms with van der Waals surface area (Å²) in [5.41, 5.74) is 0. The summed E-state index contributed by atoms with van der Waals surface area (Å²) < 4.78 is 42.3. The topological polar surface area (TPSA) is 50.4 Å². The number of methoxy groups -OCH3 is 1. The highest BCUT2D eigenvalue weighted by atomic mass is 19.4. The predicted octanol–water partition coefficient (Wildman–Crippen LogP) is 1.46. The largest absolute Gasteiger partial charge is 0.393 e. The van der Waals surface area contributed by atoms with Gasteiger partial charge in [-0.05, 0) is 26.2 Å². The molecule has 0 spiro atoms. The van der Waals surface area contributed by atoms with Gasteiger partial charge in [-0.2, -0.15) is 13.2 Å². The van der Waals surface area contributed by atoms with Crippen molar-refractivity contribution >= 4 is 5.91 Å². The summed E-state index contributed by atoms with van der Waals surface area (Å²) in [6.07, 6.45) is -3.28. The third-order valence-electron chi connectivity index (χ3n) is 3.34. The first-order valence-corrected chi connectivity index (χ1v) is 6.44. The Morgan fingerprint density at radius 3 is 2.63 bits per heavy atom. The van der Waals surface area contributed by atoms with Crippen LogP contribution in [-0.2, 0) is 9.53 Å². The van der Waals surface area contributed by atoms with Crippen LogP contribution < -0.4 is 10.6 Å². The summed E-state index contributed by atoms with van der Waals surface area (Å²) >= 11 is 0. The number of carbonyl (C=O) groups excluding carboxylic acids is 1. The molecule has 0 aromatic rings. The fourth-order valence-corrected chi connectivity index (χ4v) is 2.07. The summed E-state index contributed by atoms with van der Waals surface area (Å²) in [5, 5.41) is 5.45. The van der Waals surface area contributed by atoms with E-state index >= 15 is 0 Å². The van der Waals surface area contributed by atoms with Crippen LogP contribution in [0.4, 0.5) is 13.2 Å². The average molecular weight is 282 g/mol. The van der Waals surface area contributed by atoms with Gasteiger partial charge in [0.15, 0.2) is 0 Å². The molecule has 19 heavy (non-hydrogen) atoms. The highest BCUT2D eigenvalue weighted by molar-refractivity contribution is 5.82. The first-order chi connectivity index (χ1) is 8.84. The van der Waals surface area contributed by atoms with Gasteiger partial charge in [-0.1, -0.05) is 0 Å². The van der Waals surface area contributed by atoms with Crippen LogP contribution in [0.3, 0.4) is 0 Å². The van der Waals surface area contributed by atoms with Crippen LogP contribution in [0.25, 0.3) is 0 Å². The van der Waals surface area contributed by atoms with Crippen molar-refractivity contribution < 1.29 is 22.7 Å². The van der Waals surface area contributed by atoms with Crippen LogP contribution in [0.15, 0.2) is 0 Å². The van der Waals surface area contributed by atoms with Crippen molar-refractivity contribution in [2.24, 2.45) is 5.92 Å². The van der Waals surface area contributed by atoms with E-state index in [0.29, 0.717) is 13.0 Å². The van der Waals surface area contributed by atoms with Crippen molar-refractivity contribution in [1.82, 2.24) is 10.6 Å². The van der Waals surface area contributed by atoms with Crippen molar-refractivity contribution in [3.8, 4) is 0 Å². The van der Waals surface area contributed by atoms with E-state index in [-0.39, 0.29) is 31.3 Å². The van der Waals surface area contributed by atoms with Crippen LogP contribution >= 0.6 is 0 Å². The number of halogens is 3. The summed E-state index contributed by atoms with van der Waals surface area (Å²) in [5.74, 6) is -1.58. The van der Waals surface area contributed by atoms with Gasteiger partial charge < -0.3 is 15.4 Å². The molecule has 0 bridgehead atoms. The zero-order valence-corrected chi connectivity index (χ0v) is 11.2. The molecule has 0 saturated carbocycles. The van der Waals surface area contributed by atoms with Gasteiger partial charge in [0, 0.05) is 26.3 Å². The van der Waals surface area contributed by atoms with E-state index in [0.717, 1.165) is 0 Å². The quantitative estimate of drug-likeness (QED) is 0.802. The molecule has 7 heteroatoms. The first-order valence-electron chi connectivity index (χ1n) is 6.44. The summed E-state index contributed by atoms with van der Waals surface area (Å²) in [7, 11) is 1.58. The molecule has 0 aliphatic carbocycles. The molecule has 1 amide bonds. The maximum atomic E-state index is 12.5. The van der Waals surface area contributed by atoms with Crippen molar-refractivity contribution in [2.45, 2.75) is 44.4 Å². The molecule has 1 rings (SSSR count). The molecule has 4 nitrogen and oxygen atoms in total. The molecular formula is C12H21F3N2O2. The lowest BCUT2D eigenvalue weighted by Gasteiger charge is -2.31. The lowest BCUT2D eigenvalue weighted by atomic mass is 9.93. The SMILES string of the molecule is COCCC(C)NC(=O)C1CCC(C(F)(F)F)CN1. The second kappa shape index (κ2) is 7.09. The van der Waals surface area contributed by atoms with Crippen LogP contribution in [0.5, 0.6) is 0 Å². The molecule has 1 heterocycles. The van der Waals surface area contributed by atoms with Crippen molar-refractivity contribution in [1.29, 1.82) is 0 Å². The second-order valence-corrected chi connectivity index (χ2v) is 4.97. The molecule has 1 aliphatic rings. The summed E-state index contributed by atoms with van der Waals surface area (Å²) in [6, 6.07) is -0.571. The fraction of sp³-hybridized carbons (Fsp3) is 0.917. The molecule has 112 valence electrons. The highest BCUT2D eigenvalue weighted by Crippen LogP contribution is 2.31. The monoisotopic (exact) mass is 282 g/mol. The van der Waals surface area contributed by atoms with Gasteiger partial charge in [-0.3, -0.25) is 4.79 Å². The lowest BCUT2D eigenvalue weighted by molar-refractivity contribution is -0.180. The van der Waals surface area contributed by atoms with E-state index in [1.807, 2.05) is 6.92 Å². The molecular weight excluding hydrogens is 261 g/mol. The van der Waals surface area contributed by atoms with Crippen molar-refractivity contribution in [3.63, 3.8) is 0 Å². The Bertz CT molecular complexity index is 289. The van der Waals surface area contributed by atoms with E-state index in [1.165, 1.54) is 0 Å². The number of piperidine rings is 1. The van der Waals surface area contributed by atoms with E-state index in [4.69, 9.17) is 4.74 Å². The van der Waals surface area contributed by atoms with Gasteiger partial charge >= 0.3 is 6.18 Å². The number of rotatable bonds is 5. The van der Waals surface area contributed by atoms with Crippen LogP contribution in [0.2, 0.25) is 0 Å². The van der Waals surface area contributed by atoms with E-state index < -0.39 is 18.1 Å². The summed E-state index contributed by atoms with van der Waals surface area (Å²) in [6.45, 7) is 2.20. The van der Waals surface area contributed by atoms with Crippen molar-refractivity contribution in [3.05, 3.63) is 0 Å². The van der Waals surface area contributed by atoms with E-state index in [1.54, 1.807) is 7.11 Å². The Balaban J connectivity index is 2.33. The molecule has 1 aliphatic heterocycles. The Labute approximate surface area is 111 Å². The van der Waals surface area contributed by atoms with Crippen molar-refractivity contribution in [2.75, 3.05) is 20.3 Å². The minimum Gasteiger partial charge on any atom is -0.385 e. The summed E-state index contributed by atoms with van der Waals surface area (Å²) in [4.78, 5) is 11.8. The van der Waals surface area contributed by atoms with E-state index in [2.05, 4.69) is 10.6 Å². The minimum atomic E-state index is -4.18. The molecule has 0 aromatic heterocycles. The third-order valence-corrected chi connectivity index (χ3v) is 3.34. The Kier molecular flexibility index (Phi) is 6.06. The number of amides is 1. The van der Waals surface area contributed by atoms with Gasteiger partial charge in [0.05, 0.1) is 12.0 Å². The Morgan fingerprint density at radius 2 is 2.16 bits per heavy atom. The number of ether oxygens (including phenoxy) is 1. The van der Waals surface area contributed by atoms with Crippen LogP contribution in [0, 0.1) is 5.92 Å². The normalized spacial score (nSPS) is 25.9. The van der Waals surface area contributed by atoms with Crippen LogP contribution in [-0.4, -0.2) is 44.4 Å². The van der Waals surface area contributed by atoms with Gasteiger partial charge in [0.1, 0.15) is 0 Å². The molecule has 3 unspecified atom stereocenters. The van der Waals surface area contributed by atoms with Gasteiger partial charge in [-0.15, -0.1) is 0 Å². The number of alkyl halides is 3. The Hall–Kier alpha value is -0.820. The maximum absolute atomic E-state index is 12.5. The molecule has 1 fully saturated rings. The lowest BCUT2D eigenvalue weighted by Crippen LogP contribution is -2.52. The number of carbonyl (C=O) groups is 1. The molecule has 2 N–H and O–H groups in total. The molecule has 1 saturated heterocycles. The second-order valence-electron chi connectivity index (χ2n) is 4.97. The van der Waals surface area contributed by atoms with E-state index in [9.17, 15) is 18.0 Å². The fourth-order valence-electron chi connectivity index (χ4n) is 2.07. The van der Waals surface area contributed by atoms with Crippen LogP contribution in [0.1, 0.15) is 26.2 Å². The van der Waals surface area contributed by atoms with Gasteiger partial charge in [0.25, 0.3) is 0 Å². The standard InChI is InChI=1S/C12H21F3N2O2/c1-8(5-6-19-2)17-11(18)10-4-3-9(7-16-10)12(13,14)15/h8-10,16H,3-7H2,1-2H3,(H,17,18). The molecule has 3 atom stereocenters.